The lowest BCUT2D eigenvalue weighted by atomic mass is 10.0. The van der Waals surface area contributed by atoms with Crippen LogP contribution in [-0.4, -0.2) is 52.1 Å². The highest BCUT2D eigenvalue weighted by molar-refractivity contribution is 5.95. The fourth-order valence-electron chi connectivity index (χ4n) is 3.45. The maximum absolute atomic E-state index is 12.5. The molecular formula is C15H17N5O2. The molecule has 2 atom stereocenters. The number of fused-ring (bicyclic) bond motifs is 1. The lowest BCUT2D eigenvalue weighted by Gasteiger charge is -2.21. The highest BCUT2D eigenvalue weighted by Crippen LogP contribution is 2.33. The molecule has 4 rings (SSSR count). The van der Waals surface area contributed by atoms with E-state index in [1.807, 2.05) is 11.0 Å². The number of hydrogen-bond donors (Lipinski definition) is 0. The van der Waals surface area contributed by atoms with Crippen LogP contribution in [0.5, 0.6) is 0 Å². The van der Waals surface area contributed by atoms with Crippen LogP contribution in [0.25, 0.3) is 0 Å². The summed E-state index contributed by atoms with van der Waals surface area (Å²) in [6.07, 6.45) is 5.04. The monoisotopic (exact) mass is 299 g/mol. The number of anilines is 1. The molecule has 2 aromatic rings. The summed E-state index contributed by atoms with van der Waals surface area (Å²) in [5, 5.41) is 3.69. The third-order valence-electron chi connectivity index (χ3n) is 4.59. The molecule has 0 N–H and O–H groups in total. The fraction of sp³-hybridized carbons (Fsp3) is 0.467. The second-order valence-corrected chi connectivity index (χ2v) is 5.98. The summed E-state index contributed by atoms with van der Waals surface area (Å²) in [6.45, 7) is 5.13. The van der Waals surface area contributed by atoms with E-state index in [2.05, 4.69) is 20.0 Å². The van der Waals surface area contributed by atoms with Crippen LogP contribution in [0.15, 0.2) is 29.2 Å². The molecule has 7 nitrogen and oxygen atoms in total. The van der Waals surface area contributed by atoms with E-state index in [1.54, 1.807) is 19.3 Å². The van der Waals surface area contributed by atoms with Gasteiger partial charge in [0.1, 0.15) is 11.3 Å². The Bertz CT molecular complexity index is 672. The van der Waals surface area contributed by atoms with Crippen LogP contribution in [0.1, 0.15) is 16.1 Å². The average Bonchev–Trinajstić information content (AvgIpc) is 3.21. The van der Waals surface area contributed by atoms with E-state index in [4.69, 9.17) is 4.52 Å². The molecule has 0 unspecified atom stereocenters. The summed E-state index contributed by atoms with van der Waals surface area (Å²) in [4.78, 5) is 25.2. The molecule has 2 fully saturated rings. The first-order valence-corrected chi connectivity index (χ1v) is 7.45. The van der Waals surface area contributed by atoms with E-state index >= 15 is 0 Å². The zero-order valence-corrected chi connectivity index (χ0v) is 12.3. The van der Waals surface area contributed by atoms with Gasteiger partial charge < -0.3 is 14.3 Å². The molecular weight excluding hydrogens is 282 g/mol. The topological polar surface area (TPSA) is 75.4 Å². The predicted octanol–water partition coefficient (Wildman–Crippen LogP) is 0.981. The number of rotatable bonds is 2. The van der Waals surface area contributed by atoms with Crippen molar-refractivity contribution in [2.45, 2.75) is 6.92 Å². The Morgan fingerprint density at radius 1 is 1.18 bits per heavy atom. The minimum atomic E-state index is 0.0238. The Labute approximate surface area is 127 Å². The number of hydrogen-bond acceptors (Lipinski definition) is 6. The normalized spacial score (nSPS) is 23.9. The fourth-order valence-corrected chi connectivity index (χ4v) is 3.45. The van der Waals surface area contributed by atoms with Crippen molar-refractivity contribution in [3.8, 4) is 0 Å². The zero-order valence-electron chi connectivity index (χ0n) is 12.3. The van der Waals surface area contributed by atoms with Crippen LogP contribution in [0.4, 0.5) is 5.95 Å². The molecule has 2 aromatic heterocycles. The first-order valence-electron chi connectivity index (χ1n) is 7.45. The number of nitrogens with zero attached hydrogens (tertiary/aromatic N) is 5. The molecule has 0 bridgehead atoms. The van der Waals surface area contributed by atoms with E-state index in [0.717, 1.165) is 32.1 Å². The number of carbonyl (C=O) groups is 1. The van der Waals surface area contributed by atoms with E-state index < -0.39 is 0 Å². The van der Waals surface area contributed by atoms with Gasteiger partial charge in [0.05, 0.1) is 6.20 Å². The van der Waals surface area contributed by atoms with Gasteiger partial charge in [-0.15, -0.1) is 0 Å². The van der Waals surface area contributed by atoms with Crippen molar-refractivity contribution in [1.82, 2.24) is 20.0 Å². The van der Waals surface area contributed by atoms with Crippen LogP contribution in [0, 0.1) is 18.8 Å². The zero-order chi connectivity index (χ0) is 15.1. The molecule has 0 saturated carbocycles. The van der Waals surface area contributed by atoms with Crippen molar-refractivity contribution in [3.05, 3.63) is 36.0 Å². The highest BCUT2D eigenvalue weighted by Gasteiger charge is 2.42. The molecule has 2 aliphatic heterocycles. The molecule has 0 aromatic carbocycles. The highest BCUT2D eigenvalue weighted by atomic mass is 16.5. The SMILES string of the molecule is Cc1oncc1C(=O)N1C[C@@H]2CN(c3ncccn3)C[C@@H]2C1. The number of aryl methyl sites for hydroxylation is 1. The van der Waals surface area contributed by atoms with Crippen molar-refractivity contribution < 1.29 is 9.32 Å². The maximum Gasteiger partial charge on any atom is 0.259 e. The second kappa shape index (κ2) is 5.08. The Morgan fingerprint density at radius 2 is 1.86 bits per heavy atom. The molecule has 1 amide bonds. The van der Waals surface area contributed by atoms with Crippen LogP contribution < -0.4 is 4.90 Å². The Kier molecular flexibility index (Phi) is 3.06. The largest absolute Gasteiger partial charge is 0.361 e. The second-order valence-electron chi connectivity index (χ2n) is 5.98. The maximum atomic E-state index is 12.5. The van der Waals surface area contributed by atoms with Gasteiger partial charge in [-0.3, -0.25) is 4.79 Å². The number of likely N-dealkylation sites (tertiary alicyclic amines) is 1. The van der Waals surface area contributed by atoms with Crippen LogP contribution in [-0.2, 0) is 0 Å². The van der Waals surface area contributed by atoms with Gasteiger partial charge in [0.25, 0.3) is 5.91 Å². The molecule has 2 saturated heterocycles. The Hall–Kier alpha value is -2.44. The molecule has 22 heavy (non-hydrogen) atoms. The van der Waals surface area contributed by atoms with Crippen molar-refractivity contribution >= 4 is 11.9 Å². The third-order valence-corrected chi connectivity index (χ3v) is 4.59. The van der Waals surface area contributed by atoms with Gasteiger partial charge in [-0.05, 0) is 13.0 Å². The van der Waals surface area contributed by atoms with Gasteiger partial charge in [0.2, 0.25) is 5.95 Å². The van der Waals surface area contributed by atoms with Gasteiger partial charge in [0.15, 0.2) is 0 Å². The summed E-state index contributed by atoms with van der Waals surface area (Å²) in [7, 11) is 0. The molecule has 0 spiro atoms. The molecule has 0 radical (unpaired) electrons. The van der Waals surface area contributed by atoms with Gasteiger partial charge in [-0.1, -0.05) is 5.16 Å². The molecule has 114 valence electrons. The van der Waals surface area contributed by atoms with Gasteiger partial charge >= 0.3 is 0 Å². The standard InChI is InChI=1S/C15H17N5O2/c1-10-13(5-18-22-10)14(21)19-6-11-8-20(9-12(11)7-19)15-16-3-2-4-17-15/h2-5,11-12H,6-9H2,1H3/t11-,12+. The predicted molar refractivity (Wildman–Crippen MR) is 78.4 cm³/mol. The van der Waals surface area contributed by atoms with E-state index in [9.17, 15) is 4.79 Å². The summed E-state index contributed by atoms with van der Waals surface area (Å²) in [5.41, 5.74) is 0.572. The lowest BCUT2D eigenvalue weighted by molar-refractivity contribution is 0.0781. The van der Waals surface area contributed by atoms with Crippen molar-refractivity contribution in [2.75, 3.05) is 31.1 Å². The lowest BCUT2D eigenvalue weighted by Crippen LogP contribution is -2.33. The number of amides is 1. The number of carbonyl (C=O) groups excluding carboxylic acids is 1. The van der Waals surface area contributed by atoms with Gasteiger partial charge in [-0.2, -0.15) is 0 Å². The van der Waals surface area contributed by atoms with Crippen LogP contribution >= 0.6 is 0 Å². The minimum absolute atomic E-state index is 0.0238. The number of aromatic nitrogens is 3. The third kappa shape index (κ3) is 2.13. The van der Waals surface area contributed by atoms with Gasteiger partial charge in [0, 0.05) is 50.4 Å². The first-order chi connectivity index (χ1) is 10.7. The first kappa shape index (κ1) is 13.2. The smallest absolute Gasteiger partial charge is 0.259 e. The summed E-state index contributed by atoms with van der Waals surface area (Å²) < 4.78 is 4.99. The Morgan fingerprint density at radius 3 is 2.45 bits per heavy atom. The van der Waals surface area contributed by atoms with Crippen molar-refractivity contribution in [2.24, 2.45) is 11.8 Å². The minimum Gasteiger partial charge on any atom is -0.361 e. The summed E-state index contributed by atoms with van der Waals surface area (Å²) in [5.74, 6) is 2.35. The molecule has 4 heterocycles. The van der Waals surface area contributed by atoms with Crippen molar-refractivity contribution in [1.29, 1.82) is 0 Å². The average molecular weight is 299 g/mol. The van der Waals surface area contributed by atoms with Gasteiger partial charge in [-0.25, -0.2) is 9.97 Å². The van der Waals surface area contributed by atoms with E-state index in [-0.39, 0.29) is 5.91 Å². The summed E-state index contributed by atoms with van der Waals surface area (Å²) in [6, 6.07) is 1.82. The van der Waals surface area contributed by atoms with Crippen molar-refractivity contribution in [3.63, 3.8) is 0 Å². The molecule has 7 heteroatoms. The summed E-state index contributed by atoms with van der Waals surface area (Å²) >= 11 is 0. The van der Waals surface area contributed by atoms with Crippen LogP contribution in [0.3, 0.4) is 0 Å². The molecule has 0 aliphatic carbocycles. The Balaban J connectivity index is 1.44. The quantitative estimate of drug-likeness (QED) is 0.823. The molecule has 2 aliphatic rings. The van der Waals surface area contributed by atoms with E-state index in [0.29, 0.717) is 23.2 Å². The van der Waals surface area contributed by atoms with E-state index in [1.165, 1.54) is 6.20 Å². The van der Waals surface area contributed by atoms with Crippen LogP contribution in [0.2, 0.25) is 0 Å².